The summed E-state index contributed by atoms with van der Waals surface area (Å²) in [7, 11) is 1.90. The molecule has 3 unspecified atom stereocenters. The number of piperazine rings is 1. The molecule has 3 atom stereocenters. The van der Waals surface area contributed by atoms with E-state index in [1.165, 1.54) is 4.90 Å². The zero-order valence-corrected chi connectivity index (χ0v) is 12.0. The normalized spacial score (nSPS) is 34.2. The molecular formula is C15H19N3O3. The molecule has 21 heavy (non-hydrogen) atoms. The first-order chi connectivity index (χ1) is 10.1. The van der Waals surface area contributed by atoms with Crippen molar-refractivity contribution in [3.63, 3.8) is 0 Å². The second-order valence-corrected chi connectivity index (χ2v) is 6.34. The number of carboxylic acid groups (broad SMARTS) is 1. The van der Waals surface area contributed by atoms with Crippen LogP contribution >= 0.6 is 0 Å². The molecule has 1 saturated carbocycles. The molecule has 112 valence electrons. The van der Waals surface area contributed by atoms with Gasteiger partial charge in [-0.2, -0.15) is 0 Å². The highest BCUT2D eigenvalue weighted by atomic mass is 16.4. The Morgan fingerprint density at radius 3 is 2.95 bits per heavy atom. The highest BCUT2D eigenvalue weighted by Gasteiger charge is 2.52. The molecule has 1 aliphatic carbocycles. The van der Waals surface area contributed by atoms with Crippen LogP contribution in [0.2, 0.25) is 0 Å². The van der Waals surface area contributed by atoms with Gasteiger partial charge in [-0.25, -0.2) is 4.79 Å². The summed E-state index contributed by atoms with van der Waals surface area (Å²) >= 11 is 0. The maximum absolute atomic E-state index is 12.2. The molecule has 3 aliphatic heterocycles. The topological polar surface area (TPSA) is 64.1 Å². The molecule has 0 aromatic rings. The molecule has 2 amide bonds. The summed E-state index contributed by atoms with van der Waals surface area (Å²) in [4.78, 5) is 28.9. The average Bonchev–Trinajstić information content (AvgIpc) is 2.79. The average molecular weight is 289 g/mol. The van der Waals surface area contributed by atoms with E-state index in [9.17, 15) is 14.7 Å². The van der Waals surface area contributed by atoms with E-state index >= 15 is 0 Å². The first kappa shape index (κ1) is 12.7. The number of nitrogens with zero attached hydrogens (tertiary/aromatic N) is 3. The number of rotatable bonds is 0. The van der Waals surface area contributed by atoms with E-state index in [1.807, 2.05) is 18.0 Å². The number of amides is 2. The van der Waals surface area contributed by atoms with Crippen LogP contribution in [-0.4, -0.2) is 64.0 Å². The molecule has 0 radical (unpaired) electrons. The summed E-state index contributed by atoms with van der Waals surface area (Å²) < 4.78 is 0. The van der Waals surface area contributed by atoms with E-state index in [0.29, 0.717) is 25.0 Å². The number of carbonyl (C=O) groups excluding carboxylic acids is 1. The third kappa shape index (κ3) is 1.65. The van der Waals surface area contributed by atoms with Gasteiger partial charge < -0.3 is 14.9 Å². The molecule has 2 saturated heterocycles. The Morgan fingerprint density at radius 2 is 2.19 bits per heavy atom. The van der Waals surface area contributed by atoms with Crippen molar-refractivity contribution in [1.29, 1.82) is 0 Å². The van der Waals surface area contributed by atoms with Gasteiger partial charge in [-0.15, -0.1) is 0 Å². The molecule has 6 nitrogen and oxygen atoms in total. The molecule has 4 rings (SSSR count). The molecule has 4 aliphatic rings. The van der Waals surface area contributed by atoms with Gasteiger partial charge in [0, 0.05) is 31.4 Å². The lowest BCUT2D eigenvalue weighted by Gasteiger charge is -2.47. The van der Waals surface area contributed by atoms with Gasteiger partial charge in [-0.05, 0) is 24.5 Å². The largest absolute Gasteiger partial charge is 0.465 e. The second kappa shape index (κ2) is 4.26. The predicted octanol–water partition coefficient (Wildman–Crippen LogP) is 1.07. The van der Waals surface area contributed by atoms with E-state index in [0.717, 1.165) is 30.5 Å². The fourth-order valence-electron chi connectivity index (χ4n) is 4.43. The number of allylic oxidation sites excluding steroid dienone is 1. The van der Waals surface area contributed by atoms with Crippen LogP contribution < -0.4 is 0 Å². The fraction of sp³-hybridized carbons (Fsp3) is 0.600. The second-order valence-electron chi connectivity index (χ2n) is 6.34. The lowest BCUT2D eigenvalue weighted by atomic mass is 9.78. The third-order valence-corrected chi connectivity index (χ3v) is 5.40. The van der Waals surface area contributed by atoms with Gasteiger partial charge >= 0.3 is 6.09 Å². The monoisotopic (exact) mass is 289 g/mol. The highest BCUT2D eigenvalue weighted by molar-refractivity contribution is 5.80. The van der Waals surface area contributed by atoms with Gasteiger partial charge in [-0.3, -0.25) is 9.69 Å². The van der Waals surface area contributed by atoms with E-state index < -0.39 is 6.09 Å². The SMILES string of the molecule is CN1C(=O)CN2C3=CCN(C(=O)O)C=C3C3CCCC1C32. The van der Waals surface area contributed by atoms with Crippen molar-refractivity contribution < 1.29 is 14.7 Å². The van der Waals surface area contributed by atoms with Gasteiger partial charge in [0.15, 0.2) is 0 Å². The highest BCUT2D eigenvalue weighted by Crippen LogP contribution is 2.49. The van der Waals surface area contributed by atoms with Gasteiger partial charge in [0.2, 0.25) is 5.91 Å². The number of fused-ring (bicyclic) bond motifs is 3. The van der Waals surface area contributed by atoms with E-state index in [4.69, 9.17) is 0 Å². The van der Waals surface area contributed by atoms with E-state index in [-0.39, 0.29) is 11.9 Å². The van der Waals surface area contributed by atoms with Gasteiger partial charge in [-0.1, -0.05) is 6.42 Å². The molecule has 1 N–H and O–H groups in total. The number of hydrogen-bond acceptors (Lipinski definition) is 3. The van der Waals surface area contributed by atoms with E-state index in [2.05, 4.69) is 4.90 Å². The molecule has 0 spiro atoms. The smallest absolute Gasteiger partial charge is 0.411 e. The number of likely N-dealkylation sites (N-methyl/N-ethyl adjacent to an activating group) is 1. The lowest BCUT2D eigenvalue weighted by Crippen LogP contribution is -2.60. The van der Waals surface area contributed by atoms with Gasteiger partial charge in [0.25, 0.3) is 0 Å². The predicted molar refractivity (Wildman–Crippen MR) is 75.3 cm³/mol. The maximum atomic E-state index is 12.2. The molecule has 3 heterocycles. The van der Waals surface area contributed by atoms with Crippen LogP contribution in [0.15, 0.2) is 23.5 Å². The fourth-order valence-corrected chi connectivity index (χ4v) is 4.43. The van der Waals surface area contributed by atoms with Crippen LogP contribution in [0.1, 0.15) is 19.3 Å². The lowest BCUT2D eigenvalue weighted by molar-refractivity contribution is -0.141. The summed E-state index contributed by atoms with van der Waals surface area (Å²) in [6.07, 6.45) is 6.06. The van der Waals surface area contributed by atoms with Crippen LogP contribution in [0.5, 0.6) is 0 Å². The Bertz CT molecular complexity index is 583. The Hall–Kier alpha value is -1.98. The molecule has 3 fully saturated rings. The zero-order valence-electron chi connectivity index (χ0n) is 12.0. The van der Waals surface area contributed by atoms with Crippen molar-refractivity contribution in [3.05, 3.63) is 23.5 Å². The molecule has 0 aromatic carbocycles. The van der Waals surface area contributed by atoms with Gasteiger partial charge in [0.05, 0.1) is 18.6 Å². The minimum Gasteiger partial charge on any atom is -0.465 e. The summed E-state index contributed by atoms with van der Waals surface area (Å²) in [5.41, 5.74) is 2.21. The Kier molecular flexibility index (Phi) is 2.58. The zero-order chi connectivity index (χ0) is 14.7. The molecular weight excluding hydrogens is 270 g/mol. The Labute approximate surface area is 123 Å². The summed E-state index contributed by atoms with van der Waals surface area (Å²) in [6, 6.07) is 0.586. The quantitative estimate of drug-likeness (QED) is 0.724. The Morgan fingerprint density at radius 1 is 1.38 bits per heavy atom. The van der Waals surface area contributed by atoms with Crippen LogP contribution in [0.4, 0.5) is 4.79 Å². The van der Waals surface area contributed by atoms with Crippen LogP contribution in [-0.2, 0) is 4.79 Å². The maximum Gasteiger partial charge on any atom is 0.411 e. The van der Waals surface area contributed by atoms with Gasteiger partial charge in [0.1, 0.15) is 0 Å². The summed E-state index contributed by atoms with van der Waals surface area (Å²) in [6.45, 7) is 0.795. The molecule has 0 aromatic heterocycles. The standard InChI is InChI=1S/C15H19N3O3/c1-16-12-4-2-3-9-10-7-17(15(20)21)6-5-11(10)18(14(9)12)8-13(16)19/h5,7,9,12,14H,2-4,6,8H2,1H3,(H,20,21). The Balaban J connectivity index is 1.76. The minimum atomic E-state index is -0.914. The van der Waals surface area contributed by atoms with Crippen LogP contribution in [0.25, 0.3) is 0 Å². The van der Waals surface area contributed by atoms with Crippen molar-refractivity contribution in [1.82, 2.24) is 14.7 Å². The summed E-state index contributed by atoms with van der Waals surface area (Å²) in [5.74, 6) is 0.521. The van der Waals surface area contributed by atoms with Crippen molar-refractivity contribution >= 4 is 12.0 Å². The first-order valence-corrected chi connectivity index (χ1v) is 7.52. The van der Waals surface area contributed by atoms with E-state index in [1.54, 1.807) is 6.20 Å². The van der Waals surface area contributed by atoms with Crippen molar-refractivity contribution in [2.45, 2.75) is 31.3 Å². The minimum absolute atomic E-state index is 0.166. The molecule has 0 bridgehead atoms. The number of hydrogen-bond donors (Lipinski definition) is 1. The third-order valence-electron chi connectivity index (χ3n) is 5.40. The van der Waals surface area contributed by atoms with Crippen molar-refractivity contribution in [2.75, 3.05) is 20.1 Å². The van der Waals surface area contributed by atoms with Crippen LogP contribution in [0.3, 0.4) is 0 Å². The molecule has 6 heteroatoms. The van der Waals surface area contributed by atoms with Crippen molar-refractivity contribution in [2.24, 2.45) is 5.92 Å². The summed E-state index contributed by atoms with van der Waals surface area (Å²) in [5, 5.41) is 9.20. The van der Waals surface area contributed by atoms with Crippen molar-refractivity contribution in [3.8, 4) is 0 Å². The number of carbonyl (C=O) groups is 2. The first-order valence-electron chi connectivity index (χ1n) is 7.52. The van der Waals surface area contributed by atoms with Crippen LogP contribution in [0, 0.1) is 5.92 Å².